The highest BCUT2D eigenvalue weighted by Crippen LogP contribution is 2.40. The van der Waals surface area contributed by atoms with Gasteiger partial charge in [0, 0.05) is 36.8 Å². The Bertz CT molecular complexity index is 716. The molecule has 5 rings (SSSR count). The van der Waals surface area contributed by atoms with E-state index in [0.717, 1.165) is 36.1 Å². The molecule has 0 unspecified atom stereocenters. The zero-order valence-corrected chi connectivity index (χ0v) is 16.2. The van der Waals surface area contributed by atoms with Crippen molar-refractivity contribution in [3.63, 3.8) is 0 Å². The minimum Gasteiger partial charge on any atom is -0.299 e. The SMILES string of the molecule is CC[C@@H]1Cc2c(F)cc(C(=O)NO)cc2CN1C[C@H]1C2CCC(CC2)N1C. The van der Waals surface area contributed by atoms with Crippen LogP contribution >= 0.6 is 0 Å². The maximum atomic E-state index is 14.6. The predicted molar refractivity (Wildman–Crippen MR) is 101 cm³/mol. The van der Waals surface area contributed by atoms with E-state index in [1.807, 2.05) is 0 Å². The lowest BCUT2D eigenvalue weighted by molar-refractivity contribution is -0.0197. The Kier molecular flexibility index (Phi) is 5.23. The Balaban J connectivity index is 1.58. The van der Waals surface area contributed by atoms with Crippen LogP contribution in [0.2, 0.25) is 0 Å². The van der Waals surface area contributed by atoms with Gasteiger partial charge in [-0.25, -0.2) is 9.87 Å². The first-order valence-electron chi connectivity index (χ1n) is 10.2. The molecule has 3 heterocycles. The molecule has 1 saturated carbocycles. The molecular formula is C21H30FN3O2. The summed E-state index contributed by atoms with van der Waals surface area (Å²) < 4.78 is 14.6. The van der Waals surface area contributed by atoms with E-state index in [-0.39, 0.29) is 11.4 Å². The van der Waals surface area contributed by atoms with Crippen molar-refractivity contribution >= 4 is 5.91 Å². The number of hydrogen-bond acceptors (Lipinski definition) is 4. The maximum Gasteiger partial charge on any atom is 0.274 e. The van der Waals surface area contributed by atoms with Gasteiger partial charge in [0.05, 0.1) is 0 Å². The first-order chi connectivity index (χ1) is 13.0. The summed E-state index contributed by atoms with van der Waals surface area (Å²) in [5.74, 6) is -0.231. The van der Waals surface area contributed by atoms with E-state index in [0.29, 0.717) is 25.0 Å². The molecule has 6 heteroatoms. The van der Waals surface area contributed by atoms with Crippen LogP contribution in [0.15, 0.2) is 12.1 Å². The van der Waals surface area contributed by atoms with Gasteiger partial charge in [0.25, 0.3) is 5.91 Å². The van der Waals surface area contributed by atoms with E-state index in [1.54, 1.807) is 11.5 Å². The van der Waals surface area contributed by atoms with E-state index in [1.165, 1.54) is 31.7 Å². The third-order valence-corrected chi connectivity index (χ3v) is 7.26. The molecule has 2 saturated heterocycles. The smallest absolute Gasteiger partial charge is 0.274 e. The van der Waals surface area contributed by atoms with Crippen molar-refractivity contribution in [2.45, 2.75) is 70.1 Å². The number of amides is 1. The van der Waals surface area contributed by atoms with Crippen LogP contribution in [0.5, 0.6) is 0 Å². The van der Waals surface area contributed by atoms with Gasteiger partial charge < -0.3 is 0 Å². The van der Waals surface area contributed by atoms with Crippen molar-refractivity contribution in [3.05, 3.63) is 34.6 Å². The highest BCUT2D eigenvalue weighted by molar-refractivity contribution is 5.93. The molecular weight excluding hydrogens is 345 g/mol. The van der Waals surface area contributed by atoms with Crippen molar-refractivity contribution in [3.8, 4) is 0 Å². The van der Waals surface area contributed by atoms with Gasteiger partial charge in [-0.05, 0) is 74.8 Å². The zero-order chi connectivity index (χ0) is 19.1. The molecule has 3 aliphatic heterocycles. The van der Waals surface area contributed by atoms with Crippen molar-refractivity contribution in [2.75, 3.05) is 13.6 Å². The molecule has 5 nitrogen and oxygen atoms in total. The molecule has 0 spiro atoms. The quantitative estimate of drug-likeness (QED) is 0.628. The Morgan fingerprint density at radius 3 is 2.67 bits per heavy atom. The summed E-state index contributed by atoms with van der Waals surface area (Å²) in [7, 11) is 2.27. The van der Waals surface area contributed by atoms with Crippen LogP contribution in [-0.2, 0) is 13.0 Å². The minimum absolute atomic E-state index is 0.178. The van der Waals surface area contributed by atoms with E-state index in [9.17, 15) is 9.18 Å². The average molecular weight is 375 g/mol. The van der Waals surface area contributed by atoms with Crippen molar-refractivity contribution in [1.29, 1.82) is 0 Å². The van der Waals surface area contributed by atoms with Crippen LogP contribution in [-0.4, -0.2) is 52.6 Å². The van der Waals surface area contributed by atoms with Gasteiger partial charge in [0.2, 0.25) is 0 Å². The van der Waals surface area contributed by atoms with Gasteiger partial charge in [-0.3, -0.25) is 19.8 Å². The van der Waals surface area contributed by atoms with Crippen LogP contribution in [0.1, 0.15) is 60.5 Å². The number of halogens is 1. The van der Waals surface area contributed by atoms with E-state index in [4.69, 9.17) is 5.21 Å². The van der Waals surface area contributed by atoms with Gasteiger partial charge in [0.1, 0.15) is 5.82 Å². The molecule has 4 aliphatic rings. The summed E-state index contributed by atoms with van der Waals surface area (Å²) in [6.45, 7) is 3.84. The van der Waals surface area contributed by atoms with Crippen LogP contribution in [0.3, 0.4) is 0 Å². The minimum atomic E-state index is -0.662. The van der Waals surface area contributed by atoms with Gasteiger partial charge in [-0.15, -0.1) is 0 Å². The number of nitrogens with zero attached hydrogens (tertiary/aromatic N) is 2. The van der Waals surface area contributed by atoms with E-state index in [2.05, 4.69) is 23.8 Å². The molecule has 0 radical (unpaired) electrons. The average Bonchev–Trinajstić information content (AvgIpc) is 2.69. The molecule has 2 N–H and O–H groups in total. The fraction of sp³-hybridized carbons (Fsp3) is 0.667. The van der Waals surface area contributed by atoms with Crippen LogP contribution in [0, 0.1) is 11.7 Å². The van der Waals surface area contributed by atoms with E-state index >= 15 is 0 Å². The summed E-state index contributed by atoms with van der Waals surface area (Å²) in [5, 5.41) is 8.88. The Hall–Kier alpha value is -1.50. The summed E-state index contributed by atoms with van der Waals surface area (Å²) >= 11 is 0. The van der Waals surface area contributed by atoms with Crippen LogP contribution < -0.4 is 5.48 Å². The number of piperidine rings is 2. The van der Waals surface area contributed by atoms with Crippen molar-refractivity contribution in [1.82, 2.24) is 15.3 Å². The van der Waals surface area contributed by atoms with Crippen LogP contribution in [0.25, 0.3) is 0 Å². The molecule has 27 heavy (non-hydrogen) atoms. The monoisotopic (exact) mass is 375 g/mol. The predicted octanol–water partition coefficient (Wildman–Crippen LogP) is 2.95. The molecule has 2 atom stereocenters. The second kappa shape index (κ2) is 7.49. The highest BCUT2D eigenvalue weighted by atomic mass is 19.1. The third kappa shape index (κ3) is 3.39. The summed E-state index contributed by atoms with van der Waals surface area (Å²) in [4.78, 5) is 16.8. The fourth-order valence-corrected chi connectivity index (χ4v) is 5.60. The number of carbonyl (C=O) groups excluding carboxylic acids is 1. The molecule has 148 valence electrons. The molecule has 1 amide bonds. The highest BCUT2D eigenvalue weighted by Gasteiger charge is 2.41. The first-order valence-corrected chi connectivity index (χ1v) is 10.2. The third-order valence-electron chi connectivity index (χ3n) is 7.26. The number of nitrogens with one attached hydrogen (secondary N) is 1. The molecule has 0 aromatic heterocycles. The van der Waals surface area contributed by atoms with Gasteiger partial charge >= 0.3 is 0 Å². The number of carbonyl (C=O) groups is 1. The number of hydroxylamine groups is 1. The summed E-state index contributed by atoms with van der Waals surface area (Å²) in [5.41, 5.74) is 3.39. The standard InChI is InChI=1S/C21H30FN3O2/c1-3-16-10-18-15(8-14(9-19(18)22)21(26)23-27)11-25(16)12-20-13-4-6-17(7-5-13)24(20)2/h8-9,13,16-17,20,27H,3-7,10-12H2,1-2H3,(H,23,26)/t13?,16-,17?,20+/m1/s1. The zero-order valence-electron chi connectivity index (χ0n) is 16.2. The van der Waals surface area contributed by atoms with Gasteiger partial charge in [-0.2, -0.15) is 0 Å². The lowest BCUT2D eigenvalue weighted by atomic mass is 9.74. The number of hydrogen-bond donors (Lipinski definition) is 2. The second-order valence-electron chi connectivity index (χ2n) is 8.53. The molecule has 2 bridgehead atoms. The molecule has 1 aromatic carbocycles. The number of rotatable bonds is 4. The molecule has 1 aromatic rings. The number of benzene rings is 1. The number of likely N-dealkylation sites (N-methyl/N-ethyl adjacent to an activating group) is 1. The first kappa shape index (κ1) is 18.8. The maximum absolute atomic E-state index is 14.6. The van der Waals surface area contributed by atoms with Gasteiger partial charge in [0.15, 0.2) is 0 Å². The fourth-order valence-electron chi connectivity index (χ4n) is 5.60. The van der Waals surface area contributed by atoms with Crippen molar-refractivity contribution in [2.24, 2.45) is 5.92 Å². The normalized spacial score (nSPS) is 31.0. The molecule has 3 fully saturated rings. The van der Waals surface area contributed by atoms with Gasteiger partial charge in [-0.1, -0.05) is 6.92 Å². The van der Waals surface area contributed by atoms with Crippen molar-refractivity contribution < 1.29 is 14.4 Å². The summed E-state index contributed by atoms with van der Waals surface area (Å²) in [6, 6.07) is 4.59. The lowest BCUT2D eigenvalue weighted by Crippen LogP contribution is -2.58. The number of fused-ring (bicyclic) bond motifs is 4. The Labute approximate surface area is 160 Å². The second-order valence-corrected chi connectivity index (χ2v) is 8.53. The molecule has 1 aliphatic carbocycles. The Morgan fingerprint density at radius 1 is 1.30 bits per heavy atom. The topological polar surface area (TPSA) is 55.8 Å². The summed E-state index contributed by atoms with van der Waals surface area (Å²) in [6.07, 6.45) is 6.98. The van der Waals surface area contributed by atoms with E-state index < -0.39 is 5.91 Å². The largest absolute Gasteiger partial charge is 0.299 e. The Morgan fingerprint density at radius 2 is 2.04 bits per heavy atom. The lowest BCUT2D eigenvalue weighted by Gasteiger charge is -2.52. The van der Waals surface area contributed by atoms with Crippen LogP contribution in [0.4, 0.5) is 4.39 Å².